The Morgan fingerprint density at radius 2 is 1.60 bits per heavy atom. The molecule has 0 bridgehead atoms. The van der Waals surface area contributed by atoms with Crippen molar-refractivity contribution in [3.05, 3.63) is 0 Å². The summed E-state index contributed by atoms with van der Waals surface area (Å²) in [6.45, 7) is 6.85. The Labute approximate surface area is 204 Å². The number of ether oxygens (including phenoxy) is 1. The number of piperazine rings is 1. The van der Waals surface area contributed by atoms with E-state index in [9.17, 15) is 24.0 Å². The Hall–Kier alpha value is -2.73. The zero-order valence-corrected chi connectivity index (χ0v) is 20.6. The van der Waals surface area contributed by atoms with Crippen molar-refractivity contribution in [1.29, 1.82) is 0 Å². The van der Waals surface area contributed by atoms with Gasteiger partial charge in [0.2, 0.25) is 23.6 Å². The number of hydrogen-bond donors (Lipinski definition) is 3. The van der Waals surface area contributed by atoms with Gasteiger partial charge in [-0.3, -0.25) is 19.2 Å². The number of cyclic esters (lactones) is 1. The van der Waals surface area contributed by atoms with Crippen molar-refractivity contribution >= 4 is 29.6 Å². The van der Waals surface area contributed by atoms with Crippen molar-refractivity contribution in [3.8, 4) is 0 Å². The fourth-order valence-corrected chi connectivity index (χ4v) is 5.54. The second kappa shape index (κ2) is 10.1. The predicted molar refractivity (Wildman–Crippen MR) is 124 cm³/mol. The van der Waals surface area contributed by atoms with Gasteiger partial charge < -0.3 is 35.8 Å². The molecule has 12 heteroatoms. The van der Waals surface area contributed by atoms with Gasteiger partial charge in [0.05, 0.1) is 0 Å². The van der Waals surface area contributed by atoms with Gasteiger partial charge in [0.25, 0.3) is 0 Å². The van der Waals surface area contributed by atoms with E-state index in [0.29, 0.717) is 45.4 Å². The number of fused-ring (bicyclic) bond motifs is 3. The molecular formula is C23H36N6O6. The summed E-state index contributed by atoms with van der Waals surface area (Å²) in [5.41, 5.74) is 6.21. The topological polar surface area (TPSA) is 154 Å². The maximum atomic E-state index is 13.5. The number of carbonyl (C=O) groups excluding carboxylic acids is 5. The van der Waals surface area contributed by atoms with Crippen molar-refractivity contribution in [2.75, 3.05) is 32.7 Å². The van der Waals surface area contributed by atoms with Crippen molar-refractivity contribution in [2.45, 2.75) is 76.3 Å². The van der Waals surface area contributed by atoms with Gasteiger partial charge in [-0.2, -0.15) is 0 Å². The first-order valence-electron chi connectivity index (χ1n) is 12.5. The third-order valence-corrected chi connectivity index (χ3v) is 7.54. The van der Waals surface area contributed by atoms with Crippen LogP contribution >= 0.6 is 0 Å². The van der Waals surface area contributed by atoms with Gasteiger partial charge in [0.1, 0.15) is 36.3 Å². The third-order valence-electron chi connectivity index (χ3n) is 7.54. The monoisotopic (exact) mass is 492 g/mol. The Bertz CT molecular complexity index is 898. The molecule has 4 heterocycles. The first-order valence-corrected chi connectivity index (χ1v) is 12.5. The molecule has 12 nitrogen and oxygen atoms in total. The molecule has 7 atom stereocenters. The zero-order valence-electron chi connectivity index (χ0n) is 20.6. The van der Waals surface area contributed by atoms with Gasteiger partial charge in [0.15, 0.2) is 0 Å². The average Bonchev–Trinajstić information content (AvgIpc) is 3.48. The van der Waals surface area contributed by atoms with Crippen LogP contribution in [0.5, 0.6) is 0 Å². The molecule has 4 fully saturated rings. The van der Waals surface area contributed by atoms with E-state index in [1.165, 1.54) is 14.7 Å². The lowest BCUT2D eigenvalue weighted by Gasteiger charge is -2.39. The van der Waals surface area contributed by atoms with E-state index in [1.54, 1.807) is 13.8 Å². The summed E-state index contributed by atoms with van der Waals surface area (Å²) in [5, 5.41) is 5.87. The molecule has 4 saturated heterocycles. The first-order chi connectivity index (χ1) is 16.6. The minimum absolute atomic E-state index is 0.0631. The maximum Gasteiger partial charge on any atom is 0.329 e. The Morgan fingerprint density at radius 3 is 2.34 bits per heavy atom. The highest BCUT2D eigenvalue weighted by molar-refractivity contribution is 5.96. The van der Waals surface area contributed by atoms with Crippen LogP contribution in [0.1, 0.15) is 40.0 Å². The highest BCUT2D eigenvalue weighted by Gasteiger charge is 2.46. The molecule has 0 aliphatic carbocycles. The van der Waals surface area contributed by atoms with Gasteiger partial charge in [-0.1, -0.05) is 6.92 Å². The Morgan fingerprint density at radius 1 is 0.886 bits per heavy atom. The lowest BCUT2D eigenvalue weighted by molar-refractivity contribution is -0.161. The minimum Gasteiger partial charge on any atom is -0.459 e. The van der Waals surface area contributed by atoms with Crippen molar-refractivity contribution < 1.29 is 28.7 Å². The van der Waals surface area contributed by atoms with Crippen LogP contribution in [0.25, 0.3) is 0 Å². The Balaban J connectivity index is 1.67. The number of amides is 4. The van der Waals surface area contributed by atoms with Crippen LogP contribution in [-0.2, 0) is 28.7 Å². The van der Waals surface area contributed by atoms with E-state index in [-0.39, 0.29) is 18.4 Å². The van der Waals surface area contributed by atoms with Crippen LogP contribution in [0, 0.1) is 5.92 Å². The summed E-state index contributed by atoms with van der Waals surface area (Å²) < 4.78 is 5.57. The number of esters is 1. The van der Waals surface area contributed by atoms with Crippen LogP contribution in [0.15, 0.2) is 0 Å². The first kappa shape index (κ1) is 25.4. The quantitative estimate of drug-likeness (QED) is 0.322. The molecule has 0 saturated carbocycles. The normalized spacial score (nSPS) is 37.5. The van der Waals surface area contributed by atoms with Gasteiger partial charge in [-0.25, -0.2) is 4.79 Å². The number of nitrogens with two attached hydrogens (primary N) is 1. The molecule has 0 spiro atoms. The molecule has 0 aromatic rings. The fourth-order valence-electron chi connectivity index (χ4n) is 5.54. The van der Waals surface area contributed by atoms with E-state index in [2.05, 4.69) is 10.6 Å². The van der Waals surface area contributed by atoms with Gasteiger partial charge in [-0.05, 0) is 39.0 Å². The van der Waals surface area contributed by atoms with Gasteiger partial charge in [-0.15, -0.1) is 0 Å². The number of hydrogen-bond acceptors (Lipinski definition) is 8. The molecule has 35 heavy (non-hydrogen) atoms. The second-order valence-corrected chi connectivity index (χ2v) is 10.2. The van der Waals surface area contributed by atoms with E-state index in [0.717, 1.165) is 0 Å². The van der Waals surface area contributed by atoms with Crippen molar-refractivity contribution in [2.24, 2.45) is 11.7 Å². The number of rotatable bonds is 0. The smallest absolute Gasteiger partial charge is 0.329 e. The van der Waals surface area contributed by atoms with Crippen LogP contribution in [0.2, 0.25) is 0 Å². The molecule has 4 rings (SSSR count). The van der Waals surface area contributed by atoms with E-state index < -0.39 is 60.0 Å². The molecule has 0 radical (unpaired) electrons. The zero-order chi connectivity index (χ0) is 25.4. The van der Waals surface area contributed by atoms with E-state index >= 15 is 0 Å². The number of nitrogens with one attached hydrogen (secondary N) is 2. The molecule has 4 amide bonds. The molecule has 0 aromatic carbocycles. The summed E-state index contributed by atoms with van der Waals surface area (Å²) >= 11 is 0. The summed E-state index contributed by atoms with van der Waals surface area (Å²) in [4.78, 5) is 70.7. The summed E-state index contributed by atoms with van der Waals surface area (Å²) in [7, 11) is 0. The van der Waals surface area contributed by atoms with Crippen molar-refractivity contribution in [3.63, 3.8) is 0 Å². The van der Waals surface area contributed by atoms with Crippen LogP contribution in [0.3, 0.4) is 0 Å². The number of carbonyl (C=O) groups is 5. The third kappa shape index (κ3) is 4.86. The molecule has 194 valence electrons. The maximum absolute atomic E-state index is 13.5. The average molecular weight is 493 g/mol. The summed E-state index contributed by atoms with van der Waals surface area (Å²) in [5.74, 6) is -2.19. The molecule has 4 aliphatic heterocycles. The highest BCUT2D eigenvalue weighted by atomic mass is 16.5. The van der Waals surface area contributed by atoms with Crippen molar-refractivity contribution in [1.82, 2.24) is 25.3 Å². The summed E-state index contributed by atoms with van der Waals surface area (Å²) in [6.07, 6.45) is 0.584. The van der Waals surface area contributed by atoms with Crippen LogP contribution in [-0.4, -0.2) is 113 Å². The van der Waals surface area contributed by atoms with Crippen LogP contribution in [0.4, 0.5) is 0 Å². The predicted octanol–water partition coefficient (Wildman–Crippen LogP) is -2.21. The minimum atomic E-state index is -1.15. The van der Waals surface area contributed by atoms with Gasteiger partial charge >= 0.3 is 5.97 Å². The van der Waals surface area contributed by atoms with E-state index in [4.69, 9.17) is 10.5 Å². The SMILES string of the molecule is C[C@@H]1C[C@H]2C(=O)O[C@@H](C)[C@H](N)C(=O)N3CCC[C@H]3C(=O)N3CCNC[C@H]3C(=O)N[C@@H](C)C(=O)N2C1. The molecule has 0 unspecified atom stereocenters. The lowest BCUT2D eigenvalue weighted by atomic mass is 10.1. The molecule has 4 N–H and O–H groups in total. The fraction of sp³-hybridized carbons (Fsp3) is 0.783. The number of nitrogens with zero attached hydrogens (tertiary/aromatic N) is 3. The largest absolute Gasteiger partial charge is 0.459 e. The van der Waals surface area contributed by atoms with E-state index in [1.807, 2.05) is 6.92 Å². The molecule has 4 aliphatic rings. The lowest BCUT2D eigenvalue weighted by Crippen LogP contribution is -2.65. The van der Waals surface area contributed by atoms with Gasteiger partial charge in [0, 0.05) is 32.7 Å². The summed E-state index contributed by atoms with van der Waals surface area (Å²) in [6, 6.07) is -4.40. The standard InChI is InChI=1S/C23H36N6O6/c1-12-9-16-23(34)35-14(3)18(24)22(33)27-7-4-5-15(27)21(32)28-8-6-25-10-17(28)19(30)26-13(2)20(31)29(16)11-12/h12-18,25H,4-11,24H2,1-3H3,(H,26,30)/t12-,13+,14+,15+,16+,17+,18+/m1/s1. The Kier molecular flexibility index (Phi) is 7.32. The molecule has 0 aromatic heterocycles. The molecular weight excluding hydrogens is 456 g/mol. The van der Waals surface area contributed by atoms with Crippen LogP contribution < -0.4 is 16.4 Å². The highest BCUT2D eigenvalue weighted by Crippen LogP contribution is 2.27. The second-order valence-electron chi connectivity index (χ2n) is 10.2.